The Morgan fingerprint density at radius 2 is 1.57 bits per heavy atom. The molecular weight excluding hydrogens is 458 g/mol. The van der Waals surface area contributed by atoms with Crippen LogP contribution in [0.25, 0.3) is 17.2 Å². The molecule has 1 aliphatic carbocycles. The third-order valence-corrected chi connectivity index (χ3v) is 7.22. The predicted octanol–water partition coefficient (Wildman–Crippen LogP) is 7.78. The van der Waals surface area contributed by atoms with Gasteiger partial charge < -0.3 is 9.64 Å². The van der Waals surface area contributed by atoms with Gasteiger partial charge in [0.1, 0.15) is 0 Å². The normalized spacial score (nSPS) is 14.2. The van der Waals surface area contributed by atoms with Crippen molar-refractivity contribution in [2.45, 2.75) is 58.4 Å². The molecule has 3 aromatic carbocycles. The number of ether oxygens (including phenoxy) is 1. The molecule has 0 heterocycles. The lowest BCUT2D eigenvalue weighted by molar-refractivity contribution is -0.134. The number of anilines is 1. The van der Waals surface area contributed by atoms with E-state index in [9.17, 15) is 9.59 Å². The molecule has 1 fully saturated rings. The van der Waals surface area contributed by atoms with Crippen LogP contribution < -0.4 is 4.90 Å². The molecule has 4 heteroatoms. The van der Waals surface area contributed by atoms with Crippen LogP contribution >= 0.6 is 0 Å². The van der Waals surface area contributed by atoms with Crippen molar-refractivity contribution in [3.8, 4) is 11.1 Å². The van der Waals surface area contributed by atoms with Crippen molar-refractivity contribution in [1.29, 1.82) is 0 Å². The minimum absolute atomic E-state index is 0.0572. The molecule has 37 heavy (non-hydrogen) atoms. The molecule has 192 valence electrons. The van der Waals surface area contributed by atoms with Gasteiger partial charge in [0.25, 0.3) is 0 Å². The van der Waals surface area contributed by atoms with Crippen LogP contribution in [0.5, 0.6) is 0 Å². The number of esters is 1. The molecule has 0 unspecified atom stereocenters. The van der Waals surface area contributed by atoms with Gasteiger partial charge in [-0.15, -0.1) is 0 Å². The number of rotatable bonds is 8. The summed E-state index contributed by atoms with van der Waals surface area (Å²) in [5.41, 5.74) is 6.47. The topological polar surface area (TPSA) is 46.6 Å². The van der Waals surface area contributed by atoms with Gasteiger partial charge in [0, 0.05) is 17.7 Å². The first-order valence-corrected chi connectivity index (χ1v) is 13.3. The second kappa shape index (κ2) is 12.5. The van der Waals surface area contributed by atoms with Gasteiger partial charge in [-0.05, 0) is 64.8 Å². The van der Waals surface area contributed by atoms with Crippen LogP contribution in [-0.4, -0.2) is 19.0 Å². The standard InChI is InChI=1S/C33H37NO3/c1-24(2)27-17-19-29(20-18-27)28-15-12-26(13-16-28)23-34(33(36)30-9-5-4-6-10-30)31-11-7-8-25(22-31)14-21-32(35)37-3/h7-8,11-22,24,30H,4-6,9-10,23H2,1-3H3/b21-14+. The van der Waals surface area contributed by atoms with Gasteiger partial charge in [0.15, 0.2) is 0 Å². The maximum atomic E-state index is 13.7. The molecule has 1 amide bonds. The van der Waals surface area contributed by atoms with Crippen LogP contribution in [0.4, 0.5) is 5.69 Å². The Morgan fingerprint density at radius 3 is 2.19 bits per heavy atom. The van der Waals surface area contributed by atoms with Gasteiger partial charge in [-0.25, -0.2) is 4.79 Å². The van der Waals surface area contributed by atoms with Crippen molar-refractivity contribution in [2.24, 2.45) is 5.92 Å². The van der Waals surface area contributed by atoms with Gasteiger partial charge in [-0.2, -0.15) is 0 Å². The number of carbonyl (C=O) groups is 2. The van der Waals surface area contributed by atoms with Crippen molar-refractivity contribution in [3.63, 3.8) is 0 Å². The van der Waals surface area contributed by atoms with E-state index >= 15 is 0 Å². The van der Waals surface area contributed by atoms with Crippen LogP contribution in [0.3, 0.4) is 0 Å². The van der Waals surface area contributed by atoms with Crippen molar-refractivity contribution < 1.29 is 14.3 Å². The summed E-state index contributed by atoms with van der Waals surface area (Å²) in [5, 5.41) is 0. The fourth-order valence-corrected chi connectivity index (χ4v) is 4.94. The zero-order valence-corrected chi connectivity index (χ0v) is 22.2. The van der Waals surface area contributed by atoms with Gasteiger partial charge in [0.2, 0.25) is 5.91 Å². The third-order valence-electron chi connectivity index (χ3n) is 7.22. The van der Waals surface area contributed by atoms with E-state index in [2.05, 4.69) is 62.4 Å². The minimum Gasteiger partial charge on any atom is -0.466 e. The molecule has 0 bridgehead atoms. The number of hydrogen-bond donors (Lipinski definition) is 0. The van der Waals surface area contributed by atoms with Crippen LogP contribution in [0.2, 0.25) is 0 Å². The Labute approximate surface area is 221 Å². The molecule has 4 rings (SSSR count). The van der Waals surface area contributed by atoms with Gasteiger partial charge in [-0.1, -0.05) is 93.8 Å². The smallest absolute Gasteiger partial charge is 0.330 e. The summed E-state index contributed by atoms with van der Waals surface area (Å²) in [6.45, 7) is 4.91. The Balaban J connectivity index is 1.58. The summed E-state index contributed by atoms with van der Waals surface area (Å²) in [4.78, 5) is 27.2. The van der Waals surface area contributed by atoms with Crippen molar-refractivity contribution in [3.05, 3.63) is 95.6 Å². The van der Waals surface area contributed by atoms with E-state index in [1.165, 1.54) is 36.3 Å². The molecule has 0 radical (unpaired) electrons. The second-order valence-electron chi connectivity index (χ2n) is 10.2. The van der Waals surface area contributed by atoms with E-state index in [0.717, 1.165) is 42.5 Å². The highest BCUT2D eigenvalue weighted by molar-refractivity contribution is 5.95. The molecule has 0 aliphatic heterocycles. The summed E-state index contributed by atoms with van der Waals surface area (Å²) in [5.74, 6) is 0.349. The number of benzene rings is 3. The molecule has 0 aromatic heterocycles. The summed E-state index contributed by atoms with van der Waals surface area (Å²) in [7, 11) is 1.36. The number of nitrogens with zero attached hydrogens (tertiary/aromatic N) is 1. The van der Waals surface area contributed by atoms with Gasteiger partial charge in [-0.3, -0.25) is 4.79 Å². The van der Waals surface area contributed by atoms with E-state index < -0.39 is 5.97 Å². The number of carbonyl (C=O) groups excluding carboxylic acids is 2. The maximum absolute atomic E-state index is 13.7. The lowest BCUT2D eigenvalue weighted by atomic mass is 9.88. The Bertz CT molecular complexity index is 1220. The summed E-state index contributed by atoms with van der Waals surface area (Å²) < 4.78 is 4.71. The zero-order valence-electron chi connectivity index (χ0n) is 22.2. The van der Waals surface area contributed by atoms with Crippen LogP contribution in [0, 0.1) is 5.92 Å². The zero-order chi connectivity index (χ0) is 26.2. The summed E-state index contributed by atoms with van der Waals surface area (Å²) >= 11 is 0. The average Bonchev–Trinajstić information content (AvgIpc) is 2.95. The molecule has 3 aromatic rings. The maximum Gasteiger partial charge on any atom is 0.330 e. The quantitative estimate of drug-likeness (QED) is 0.237. The first kappa shape index (κ1) is 26.4. The monoisotopic (exact) mass is 495 g/mol. The molecule has 0 atom stereocenters. The van der Waals surface area contributed by atoms with E-state index in [-0.39, 0.29) is 11.8 Å². The van der Waals surface area contributed by atoms with Crippen LogP contribution in [0.15, 0.2) is 78.9 Å². The largest absolute Gasteiger partial charge is 0.466 e. The minimum atomic E-state index is -0.403. The highest BCUT2D eigenvalue weighted by atomic mass is 16.5. The number of amides is 1. The Kier molecular flexibility index (Phi) is 8.95. The number of hydrogen-bond acceptors (Lipinski definition) is 3. The summed E-state index contributed by atoms with van der Waals surface area (Å²) in [6, 6.07) is 25.0. The second-order valence-corrected chi connectivity index (χ2v) is 10.2. The average molecular weight is 496 g/mol. The van der Waals surface area contributed by atoms with Gasteiger partial charge in [0.05, 0.1) is 13.7 Å². The molecular formula is C33H37NO3. The SMILES string of the molecule is COC(=O)/C=C/c1cccc(N(Cc2ccc(-c3ccc(C(C)C)cc3)cc2)C(=O)C2CCCCC2)c1. The van der Waals surface area contributed by atoms with E-state index in [0.29, 0.717) is 12.5 Å². The van der Waals surface area contributed by atoms with Crippen LogP contribution in [0.1, 0.15) is 68.6 Å². The molecule has 4 nitrogen and oxygen atoms in total. The Morgan fingerprint density at radius 1 is 0.919 bits per heavy atom. The van der Waals surface area contributed by atoms with E-state index in [1.807, 2.05) is 29.2 Å². The molecule has 0 saturated heterocycles. The van der Waals surface area contributed by atoms with Crippen molar-refractivity contribution >= 4 is 23.6 Å². The molecule has 1 saturated carbocycles. The summed E-state index contributed by atoms with van der Waals surface area (Å²) in [6.07, 6.45) is 8.44. The third kappa shape index (κ3) is 6.97. The lowest BCUT2D eigenvalue weighted by Gasteiger charge is -2.30. The van der Waals surface area contributed by atoms with Crippen molar-refractivity contribution in [2.75, 3.05) is 12.0 Å². The molecule has 0 spiro atoms. The van der Waals surface area contributed by atoms with E-state index in [4.69, 9.17) is 4.74 Å². The fraction of sp³-hybridized carbons (Fsp3) is 0.333. The predicted molar refractivity (Wildman–Crippen MR) is 151 cm³/mol. The highest BCUT2D eigenvalue weighted by Gasteiger charge is 2.27. The first-order chi connectivity index (χ1) is 17.9. The van der Waals surface area contributed by atoms with Crippen LogP contribution in [-0.2, 0) is 20.9 Å². The Hall–Kier alpha value is -3.66. The first-order valence-electron chi connectivity index (χ1n) is 13.3. The molecule has 1 aliphatic rings. The van der Waals surface area contributed by atoms with Crippen molar-refractivity contribution in [1.82, 2.24) is 0 Å². The lowest BCUT2D eigenvalue weighted by Crippen LogP contribution is -2.36. The molecule has 0 N–H and O–H groups in total. The number of methoxy groups -OCH3 is 1. The highest BCUT2D eigenvalue weighted by Crippen LogP contribution is 2.30. The van der Waals surface area contributed by atoms with E-state index in [1.54, 1.807) is 6.08 Å². The fourth-order valence-electron chi connectivity index (χ4n) is 4.94. The van der Waals surface area contributed by atoms with Gasteiger partial charge >= 0.3 is 5.97 Å².